The Hall–Kier alpha value is -0.160. The molecule has 2 heterocycles. The van der Waals surface area contributed by atoms with Crippen LogP contribution in [0.15, 0.2) is 0 Å². The molecule has 4 heteroatoms. The van der Waals surface area contributed by atoms with Crippen molar-refractivity contribution >= 4 is 0 Å². The molecule has 0 unspecified atom stereocenters. The molecule has 2 rings (SSSR count). The summed E-state index contributed by atoms with van der Waals surface area (Å²) >= 11 is 0. The summed E-state index contributed by atoms with van der Waals surface area (Å²) in [6.07, 6.45) is 0.990. The SMILES string of the molecule is C[C@H](CC1OCCO1)[C@@H]1COC(C)(C)O1. The fourth-order valence-corrected chi connectivity index (χ4v) is 1.99. The molecule has 0 radical (unpaired) electrons. The molecule has 0 amide bonds. The summed E-state index contributed by atoms with van der Waals surface area (Å²) in [6, 6.07) is 0. The lowest BCUT2D eigenvalue weighted by molar-refractivity contribution is -0.148. The van der Waals surface area contributed by atoms with Gasteiger partial charge < -0.3 is 18.9 Å². The molecule has 0 saturated carbocycles. The van der Waals surface area contributed by atoms with Gasteiger partial charge in [-0.1, -0.05) is 6.92 Å². The third-order valence-electron chi connectivity index (χ3n) is 2.92. The van der Waals surface area contributed by atoms with E-state index in [1.807, 2.05) is 13.8 Å². The van der Waals surface area contributed by atoms with E-state index in [1.165, 1.54) is 0 Å². The molecule has 0 aromatic rings. The van der Waals surface area contributed by atoms with Gasteiger partial charge in [-0.3, -0.25) is 0 Å². The molecule has 2 aliphatic heterocycles. The lowest BCUT2D eigenvalue weighted by Gasteiger charge is -2.22. The number of hydrogen-bond acceptors (Lipinski definition) is 4. The summed E-state index contributed by atoms with van der Waals surface area (Å²) in [5.41, 5.74) is 0. The smallest absolute Gasteiger partial charge is 0.163 e. The molecule has 0 aromatic heterocycles. The van der Waals surface area contributed by atoms with Gasteiger partial charge in [0.05, 0.1) is 25.9 Å². The maximum atomic E-state index is 5.79. The molecule has 2 aliphatic rings. The van der Waals surface area contributed by atoms with Crippen LogP contribution in [0.25, 0.3) is 0 Å². The molecule has 0 spiro atoms. The third kappa shape index (κ3) is 2.91. The van der Waals surface area contributed by atoms with E-state index in [0.29, 0.717) is 25.7 Å². The number of hydrogen-bond donors (Lipinski definition) is 0. The van der Waals surface area contributed by atoms with Crippen LogP contribution in [-0.4, -0.2) is 38.0 Å². The highest BCUT2D eigenvalue weighted by Gasteiger charge is 2.36. The molecule has 2 fully saturated rings. The first-order chi connectivity index (χ1) is 7.07. The average molecular weight is 216 g/mol. The summed E-state index contributed by atoms with van der Waals surface area (Å²) in [6.45, 7) is 8.14. The standard InChI is InChI=1S/C11H20O4/c1-8(6-10-12-4-5-13-10)9-7-14-11(2,3)15-9/h8-10H,4-7H2,1-3H3/t8-,9+/m1/s1. The van der Waals surface area contributed by atoms with Crippen LogP contribution in [0, 0.1) is 5.92 Å². The summed E-state index contributed by atoms with van der Waals surface area (Å²) < 4.78 is 22.2. The van der Waals surface area contributed by atoms with Crippen molar-refractivity contribution < 1.29 is 18.9 Å². The highest BCUT2D eigenvalue weighted by molar-refractivity contribution is 4.76. The van der Waals surface area contributed by atoms with Gasteiger partial charge in [-0.2, -0.15) is 0 Å². The Kier molecular flexibility index (Phi) is 3.30. The van der Waals surface area contributed by atoms with Crippen molar-refractivity contribution in [2.24, 2.45) is 5.92 Å². The molecule has 88 valence electrons. The van der Waals surface area contributed by atoms with Crippen molar-refractivity contribution in [3.8, 4) is 0 Å². The van der Waals surface area contributed by atoms with E-state index < -0.39 is 5.79 Å². The molecule has 15 heavy (non-hydrogen) atoms. The van der Waals surface area contributed by atoms with Crippen LogP contribution in [-0.2, 0) is 18.9 Å². The maximum Gasteiger partial charge on any atom is 0.163 e. The van der Waals surface area contributed by atoms with Gasteiger partial charge in [0.2, 0.25) is 0 Å². The zero-order valence-electron chi connectivity index (χ0n) is 9.69. The molecular formula is C11H20O4. The van der Waals surface area contributed by atoms with Crippen LogP contribution >= 0.6 is 0 Å². The van der Waals surface area contributed by atoms with Gasteiger partial charge in [-0.05, 0) is 19.8 Å². The topological polar surface area (TPSA) is 36.9 Å². The van der Waals surface area contributed by atoms with E-state index in [1.54, 1.807) is 0 Å². The zero-order valence-corrected chi connectivity index (χ0v) is 9.69. The van der Waals surface area contributed by atoms with Crippen molar-refractivity contribution in [1.29, 1.82) is 0 Å². The Bertz CT molecular complexity index is 211. The minimum Gasteiger partial charge on any atom is -0.350 e. The molecule has 0 bridgehead atoms. The zero-order chi connectivity index (χ0) is 10.9. The third-order valence-corrected chi connectivity index (χ3v) is 2.92. The first-order valence-electron chi connectivity index (χ1n) is 5.62. The monoisotopic (exact) mass is 216 g/mol. The number of ether oxygens (including phenoxy) is 4. The van der Waals surface area contributed by atoms with Gasteiger partial charge in [-0.25, -0.2) is 0 Å². The van der Waals surface area contributed by atoms with Gasteiger partial charge in [0, 0.05) is 6.42 Å². The quantitative estimate of drug-likeness (QED) is 0.717. The Balaban J connectivity index is 1.78. The Labute approximate surface area is 90.8 Å². The van der Waals surface area contributed by atoms with Crippen molar-refractivity contribution in [2.75, 3.05) is 19.8 Å². The Morgan fingerprint density at radius 1 is 1.27 bits per heavy atom. The van der Waals surface area contributed by atoms with Gasteiger partial charge in [0.1, 0.15) is 0 Å². The fourth-order valence-electron chi connectivity index (χ4n) is 1.99. The summed E-state index contributed by atoms with van der Waals surface area (Å²) in [5.74, 6) is -0.0362. The van der Waals surface area contributed by atoms with Crippen molar-refractivity contribution in [1.82, 2.24) is 0 Å². The lowest BCUT2D eigenvalue weighted by atomic mass is 10.0. The van der Waals surface area contributed by atoms with Gasteiger partial charge in [0.15, 0.2) is 12.1 Å². The molecule has 2 atom stereocenters. The number of rotatable bonds is 3. The fraction of sp³-hybridized carbons (Fsp3) is 1.00. The van der Waals surface area contributed by atoms with Crippen LogP contribution in [0.5, 0.6) is 0 Å². The maximum absolute atomic E-state index is 5.79. The van der Waals surface area contributed by atoms with E-state index in [9.17, 15) is 0 Å². The van der Waals surface area contributed by atoms with E-state index in [4.69, 9.17) is 18.9 Å². The second-order valence-corrected chi connectivity index (χ2v) is 4.75. The average Bonchev–Trinajstić information content (AvgIpc) is 2.74. The first kappa shape index (κ1) is 11.3. The van der Waals surface area contributed by atoms with Gasteiger partial charge in [-0.15, -0.1) is 0 Å². The van der Waals surface area contributed by atoms with E-state index in [0.717, 1.165) is 6.42 Å². The predicted molar refractivity (Wildman–Crippen MR) is 54.4 cm³/mol. The Morgan fingerprint density at radius 3 is 2.47 bits per heavy atom. The molecule has 4 nitrogen and oxygen atoms in total. The van der Waals surface area contributed by atoms with E-state index in [-0.39, 0.29) is 12.4 Å². The molecule has 2 saturated heterocycles. The highest BCUT2D eigenvalue weighted by atomic mass is 16.7. The largest absolute Gasteiger partial charge is 0.350 e. The first-order valence-corrected chi connectivity index (χ1v) is 5.62. The summed E-state index contributed by atoms with van der Waals surface area (Å²) in [5, 5.41) is 0. The predicted octanol–water partition coefficient (Wildman–Crippen LogP) is 1.54. The van der Waals surface area contributed by atoms with Crippen molar-refractivity contribution in [2.45, 2.75) is 45.4 Å². The Morgan fingerprint density at radius 2 is 1.93 bits per heavy atom. The van der Waals surface area contributed by atoms with Crippen LogP contribution in [0.3, 0.4) is 0 Å². The van der Waals surface area contributed by atoms with Gasteiger partial charge >= 0.3 is 0 Å². The minimum atomic E-state index is -0.434. The summed E-state index contributed by atoms with van der Waals surface area (Å²) in [7, 11) is 0. The van der Waals surface area contributed by atoms with Crippen molar-refractivity contribution in [3.63, 3.8) is 0 Å². The van der Waals surface area contributed by atoms with Crippen LogP contribution in [0.1, 0.15) is 27.2 Å². The summed E-state index contributed by atoms with van der Waals surface area (Å²) in [4.78, 5) is 0. The van der Waals surface area contributed by atoms with Crippen molar-refractivity contribution in [3.05, 3.63) is 0 Å². The highest BCUT2D eigenvalue weighted by Crippen LogP contribution is 2.29. The second kappa shape index (κ2) is 4.37. The van der Waals surface area contributed by atoms with E-state index >= 15 is 0 Å². The molecular weight excluding hydrogens is 196 g/mol. The molecule has 0 aromatic carbocycles. The molecule has 0 aliphatic carbocycles. The normalized spacial score (nSPS) is 33.4. The van der Waals surface area contributed by atoms with Crippen LogP contribution < -0.4 is 0 Å². The van der Waals surface area contributed by atoms with Crippen LogP contribution in [0.4, 0.5) is 0 Å². The minimum absolute atomic E-state index is 0.0488. The second-order valence-electron chi connectivity index (χ2n) is 4.75. The van der Waals surface area contributed by atoms with Gasteiger partial charge in [0.25, 0.3) is 0 Å². The lowest BCUT2D eigenvalue weighted by Crippen LogP contribution is -2.28. The molecule has 0 N–H and O–H groups in total. The van der Waals surface area contributed by atoms with E-state index in [2.05, 4.69) is 6.92 Å². The van der Waals surface area contributed by atoms with Crippen LogP contribution in [0.2, 0.25) is 0 Å².